The Labute approximate surface area is 135 Å². The van der Waals surface area contributed by atoms with Crippen molar-refractivity contribution in [3.05, 3.63) is 34.8 Å². The first kappa shape index (κ1) is 15.5. The molecule has 0 atom stereocenters. The van der Waals surface area contributed by atoms with Crippen molar-refractivity contribution in [2.24, 2.45) is 0 Å². The molecule has 3 rings (SSSR count). The molecule has 0 saturated heterocycles. The maximum atomic E-state index is 11.8. The summed E-state index contributed by atoms with van der Waals surface area (Å²) < 4.78 is 0. The van der Waals surface area contributed by atoms with Crippen LogP contribution in [0.15, 0.2) is 12.1 Å². The molecule has 0 fully saturated rings. The molecular formula is C16H22N6O. The van der Waals surface area contributed by atoms with Gasteiger partial charge in [0.15, 0.2) is 11.5 Å². The third kappa shape index (κ3) is 3.18. The second-order valence-electron chi connectivity index (χ2n) is 6.17. The second-order valence-corrected chi connectivity index (χ2v) is 6.17. The maximum Gasteiger partial charge on any atom is 0.273 e. The van der Waals surface area contributed by atoms with Crippen molar-refractivity contribution in [2.45, 2.75) is 32.2 Å². The average molecular weight is 314 g/mol. The molecule has 122 valence electrons. The minimum atomic E-state index is -0.145. The Balaban J connectivity index is 1.72. The quantitative estimate of drug-likeness (QED) is 0.923. The van der Waals surface area contributed by atoms with E-state index in [0.717, 1.165) is 24.4 Å². The number of aromatic nitrogens is 4. The Morgan fingerprint density at radius 2 is 1.96 bits per heavy atom. The van der Waals surface area contributed by atoms with E-state index >= 15 is 0 Å². The van der Waals surface area contributed by atoms with Crippen molar-refractivity contribution in [3.63, 3.8) is 0 Å². The van der Waals surface area contributed by atoms with Gasteiger partial charge >= 0.3 is 0 Å². The summed E-state index contributed by atoms with van der Waals surface area (Å²) >= 11 is 0. The van der Waals surface area contributed by atoms with Crippen molar-refractivity contribution < 1.29 is 4.79 Å². The van der Waals surface area contributed by atoms with Crippen LogP contribution in [-0.4, -0.2) is 52.3 Å². The summed E-state index contributed by atoms with van der Waals surface area (Å²) in [6.07, 6.45) is 4.64. The van der Waals surface area contributed by atoms with Crippen molar-refractivity contribution >= 4 is 11.7 Å². The highest BCUT2D eigenvalue weighted by Crippen LogP contribution is 2.23. The van der Waals surface area contributed by atoms with Gasteiger partial charge in [0.1, 0.15) is 0 Å². The van der Waals surface area contributed by atoms with Gasteiger partial charge < -0.3 is 9.80 Å². The van der Waals surface area contributed by atoms with E-state index in [2.05, 4.69) is 20.4 Å². The Hall–Kier alpha value is -2.44. The molecule has 1 aliphatic rings. The van der Waals surface area contributed by atoms with Gasteiger partial charge in [-0.15, -0.1) is 10.2 Å². The SMILES string of the molecule is CN(C)C(=O)c1ccc(N(C)Cc2n[nH]c3c2CCCC3)nn1. The summed E-state index contributed by atoms with van der Waals surface area (Å²) in [7, 11) is 5.36. The summed E-state index contributed by atoms with van der Waals surface area (Å²) in [4.78, 5) is 15.3. The van der Waals surface area contributed by atoms with Crippen LogP contribution in [0.5, 0.6) is 0 Å². The Bertz CT molecular complexity index is 691. The van der Waals surface area contributed by atoms with E-state index in [1.807, 2.05) is 18.0 Å². The minimum absolute atomic E-state index is 0.145. The van der Waals surface area contributed by atoms with Gasteiger partial charge in [0.25, 0.3) is 5.91 Å². The van der Waals surface area contributed by atoms with E-state index in [0.29, 0.717) is 12.2 Å². The number of anilines is 1. The number of carbonyl (C=O) groups excluding carboxylic acids is 1. The van der Waals surface area contributed by atoms with Crippen LogP contribution >= 0.6 is 0 Å². The topological polar surface area (TPSA) is 78.0 Å². The molecule has 0 aromatic carbocycles. The lowest BCUT2D eigenvalue weighted by Crippen LogP contribution is -2.24. The van der Waals surface area contributed by atoms with Crippen LogP contribution in [0.3, 0.4) is 0 Å². The molecule has 1 aliphatic carbocycles. The first-order valence-corrected chi connectivity index (χ1v) is 7.87. The van der Waals surface area contributed by atoms with Gasteiger partial charge in [-0.05, 0) is 43.4 Å². The van der Waals surface area contributed by atoms with Gasteiger partial charge in [-0.2, -0.15) is 5.10 Å². The van der Waals surface area contributed by atoms with Crippen LogP contribution in [0.4, 0.5) is 5.82 Å². The molecule has 0 unspecified atom stereocenters. The third-order valence-electron chi connectivity index (χ3n) is 4.20. The van der Waals surface area contributed by atoms with Gasteiger partial charge in [0, 0.05) is 26.8 Å². The number of carbonyl (C=O) groups is 1. The predicted molar refractivity (Wildman–Crippen MR) is 87.4 cm³/mol. The van der Waals surface area contributed by atoms with E-state index in [9.17, 15) is 4.79 Å². The Morgan fingerprint density at radius 1 is 1.17 bits per heavy atom. The van der Waals surface area contributed by atoms with E-state index in [4.69, 9.17) is 0 Å². The monoisotopic (exact) mass is 314 g/mol. The largest absolute Gasteiger partial charge is 0.352 e. The van der Waals surface area contributed by atoms with Crippen LogP contribution in [-0.2, 0) is 19.4 Å². The molecular weight excluding hydrogens is 292 g/mol. The lowest BCUT2D eigenvalue weighted by Gasteiger charge is -2.18. The molecule has 0 radical (unpaired) electrons. The average Bonchev–Trinajstić information content (AvgIpc) is 2.97. The fourth-order valence-electron chi connectivity index (χ4n) is 2.86. The Kier molecular flexibility index (Phi) is 4.27. The summed E-state index contributed by atoms with van der Waals surface area (Å²) in [6, 6.07) is 3.53. The van der Waals surface area contributed by atoms with Crippen LogP contribution < -0.4 is 4.90 Å². The predicted octanol–water partition coefficient (Wildman–Crippen LogP) is 1.42. The minimum Gasteiger partial charge on any atom is -0.352 e. The van der Waals surface area contributed by atoms with Gasteiger partial charge in [-0.1, -0.05) is 0 Å². The number of hydrogen-bond donors (Lipinski definition) is 1. The van der Waals surface area contributed by atoms with Crippen molar-refractivity contribution in [1.29, 1.82) is 0 Å². The number of aryl methyl sites for hydroxylation is 1. The molecule has 1 amide bonds. The van der Waals surface area contributed by atoms with E-state index in [1.165, 1.54) is 29.0 Å². The van der Waals surface area contributed by atoms with Crippen LogP contribution in [0, 0.1) is 0 Å². The molecule has 2 aromatic heterocycles. The molecule has 2 aromatic rings. The molecule has 23 heavy (non-hydrogen) atoms. The number of hydrogen-bond acceptors (Lipinski definition) is 5. The van der Waals surface area contributed by atoms with E-state index in [-0.39, 0.29) is 5.91 Å². The Morgan fingerprint density at radius 3 is 2.65 bits per heavy atom. The van der Waals surface area contributed by atoms with Crippen LogP contribution in [0.25, 0.3) is 0 Å². The number of fused-ring (bicyclic) bond motifs is 1. The molecule has 2 heterocycles. The number of H-pyrrole nitrogens is 1. The number of nitrogens with one attached hydrogen (secondary N) is 1. The summed E-state index contributed by atoms with van der Waals surface area (Å²) in [5, 5.41) is 15.8. The zero-order valence-corrected chi connectivity index (χ0v) is 13.8. The zero-order valence-electron chi connectivity index (χ0n) is 13.8. The van der Waals surface area contributed by atoms with Gasteiger partial charge in [0.2, 0.25) is 0 Å². The highest BCUT2D eigenvalue weighted by molar-refractivity contribution is 5.91. The van der Waals surface area contributed by atoms with Crippen molar-refractivity contribution in [1.82, 2.24) is 25.3 Å². The third-order valence-corrected chi connectivity index (χ3v) is 4.20. The highest BCUT2D eigenvalue weighted by Gasteiger charge is 2.18. The first-order valence-electron chi connectivity index (χ1n) is 7.87. The number of amides is 1. The number of rotatable bonds is 4. The van der Waals surface area contributed by atoms with Gasteiger partial charge in [0.05, 0.1) is 12.2 Å². The van der Waals surface area contributed by atoms with Gasteiger partial charge in [-0.3, -0.25) is 9.89 Å². The summed E-state index contributed by atoms with van der Waals surface area (Å²) in [5.74, 6) is 0.584. The molecule has 0 saturated carbocycles. The van der Waals surface area contributed by atoms with Crippen LogP contribution in [0.2, 0.25) is 0 Å². The zero-order chi connectivity index (χ0) is 16.4. The standard InChI is InChI=1S/C16H22N6O/c1-21(2)16(23)13-8-9-15(20-18-13)22(3)10-14-11-6-4-5-7-12(11)17-19-14/h8-9H,4-7,10H2,1-3H3,(H,17,19). The molecule has 7 heteroatoms. The molecule has 0 aliphatic heterocycles. The lowest BCUT2D eigenvalue weighted by atomic mass is 9.96. The molecule has 0 spiro atoms. The molecule has 0 bridgehead atoms. The van der Waals surface area contributed by atoms with Crippen LogP contribution in [0.1, 0.15) is 40.3 Å². The summed E-state index contributed by atoms with van der Waals surface area (Å²) in [6.45, 7) is 0.682. The molecule has 7 nitrogen and oxygen atoms in total. The van der Waals surface area contributed by atoms with Crippen molar-refractivity contribution in [3.8, 4) is 0 Å². The fourth-order valence-corrected chi connectivity index (χ4v) is 2.86. The van der Waals surface area contributed by atoms with E-state index in [1.54, 1.807) is 20.2 Å². The normalized spacial score (nSPS) is 13.5. The van der Waals surface area contributed by atoms with Gasteiger partial charge in [-0.25, -0.2) is 0 Å². The van der Waals surface area contributed by atoms with Crippen molar-refractivity contribution in [2.75, 3.05) is 26.0 Å². The highest BCUT2D eigenvalue weighted by atomic mass is 16.2. The summed E-state index contributed by atoms with van der Waals surface area (Å²) in [5.41, 5.74) is 4.06. The molecule has 1 N–H and O–H groups in total. The van der Waals surface area contributed by atoms with E-state index < -0.39 is 0 Å². The smallest absolute Gasteiger partial charge is 0.273 e. The first-order chi connectivity index (χ1) is 11.1. The number of aromatic amines is 1. The second kappa shape index (κ2) is 6.36. The fraction of sp³-hybridized carbons (Fsp3) is 0.500. The maximum absolute atomic E-state index is 11.8. The number of nitrogens with zero attached hydrogens (tertiary/aromatic N) is 5. The lowest BCUT2D eigenvalue weighted by molar-refractivity contribution is 0.0821.